The summed E-state index contributed by atoms with van der Waals surface area (Å²) < 4.78 is 0. The number of fused-ring (bicyclic) bond motifs is 1. The maximum absolute atomic E-state index is 13.1. The molecular weight excluding hydrogens is 408 g/mol. The second-order valence-electron chi connectivity index (χ2n) is 9.30. The number of piperidine rings is 1. The largest absolute Gasteiger partial charge is 0.332 e. The number of likely N-dealkylation sites (tertiary alicyclic amines) is 1. The zero-order valence-corrected chi connectivity index (χ0v) is 19.0. The maximum atomic E-state index is 13.1. The Morgan fingerprint density at radius 3 is 2.77 bits per heavy atom. The average Bonchev–Trinajstić information content (AvgIpc) is 3.32. The number of thiophene rings is 1. The van der Waals surface area contributed by atoms with E-state index in [9.17, 15) is 9.59 Å². The summed E-state index contributed by atoms with van der Waals surface area (Å²) in [4.78, 5) is 38.6. The number of carbonyl (C=O) groups is 1. The summed E-state index contributed by atoms with van der Waals surface area (Å²) >= 11 is 1.62. The third kappa shape index (κ3) is 4.48. The topological polar surface area (TPSA) is 69.3 Å². The van der Waals surface area contributed by atoms with Crippen molar-refractivity contribution in [2.24, 2.45) is 0 Å². The molecule has 2 aliphatic heterocycles. The van der Waals surface area contributed by atoms with Gasteiger partial charge < -0.3 is 9.88 Å². The molecule has 0 bridgehead atoms. The van der Waals surface area contributed by atoms with Crippen LogP contribution in [0.15, 0.2) is 21.6 Å². The smallest absolute Gasteiger partial charge is 0.254 e. The van der Waals surface area contributed by atoms with E-state index in [1.165, 1.54) is 32.1 Å². The van der Waals surface area contributed by atoms with E-state index in [1.807, 2.05) is 21.7 Å². The molecule has 1 amide bonds. The van der Waals surface area contributed by atoms with Crippen molar-refractivity contribution in [2.45, 2.75) is 82.8 Å². The van der Waals surface area contributed by atoms with Crippen LogP contribution in [-0.4, -0.2) is 44.8 Å². The molecular formula is C24H32N4O2S. The fourth-order valence-electron chi connectivity index (χ4n) is 5.58. The van der Waals surface area contributed by atoms with Gasteiger partial charge in [-0.05, 0) is 60.9 Å². The van der Waals surface area contributed by atoms with Gasteiger partial charge in [0.15, 0.2) is 0 Å². The molecule has 0 aromatic carbocycles. The van der Waals surface area contributed by atoms with Gasteiger partial charge in [-0.25, -0.2) is 4.98 Å². The van der Waals surface area contributed by atoms with Gasteiger partial charge in [0.05, 0.1) is 18.2 Å². The summed E-state index contributed by atoms with van der Waals surface area (Å²) in [6, 6.07) is 2.52. The van der Waals surface area contributed by atoms with Gasteiger partial charge >= 0.3 is 0 Å². The summed E-state index contributed by atoms with van der Waals surface area (Å²) in [7, 11) is 0. The van der Waals surface area contributed by atoms with Crippen LogP contribution in [0.5, 0.6) is 0 Å². The molecule has 1 N–H and O–H groups in total. The third-order valence-electron chi connectivity index (χ3n) is 7.29. The van der Waals surface area contributed by atoms with E-state index in [4.69, 9.17) is 4.98 Å². The van der Waals surface area contributed by atoms with Crippen molar-refractivity contribution in [3.63, 3.8) is 0 Å². The molecule has 5 rings (SSSR count). The van der Waals surface area contributed by atoms with E-state index >= 15 is 0 Å². The second kappa shape index (κ2) is 9.25. The molecule has 0 spiro atoms. The monoisotopic (exact) mass is 440 g/mol. The highest BCUT2D eigenvalue weighted by molar-refractivity contribution is 7.08. The summed E-state index contributed by atoms with van der Waals surface area (Å²) in [5.74, 6) is 0.819. The minimum absolute atomic E-state index is 0.000832. The number of hydrogen-bond donors (Lipinski definition) is 1. The molecule has 1 atom stereocenters. The van der Waals surface area contributed by atoms with Gasteiger partial charge in [-0.3, -0.25) is 14.5 Å². The average molecular weight is 441 g/mol. The van der Waals surface area contributed by atoms with E-state index in [-0.39, 0.29) is 17.5 Å². The number of nitrogens with zero attached hydrogens (tertiary/aromatic N) is 3. The fourth-order valence-corrected chi connectivity index (χ4v) is 6.25. The second-order valence-corrected chi connectivity index (χ2v) is 10.1. The number of aromatic nitrogens is 2. The van der Waals surface area contributed by atoms with Gasteiger partial charge in [0.25, 0.3) is 5.56 Å². The van der Waals surface area contributed by atoms with Gasteiger partial charge in [-0.1, -0.05) is 19.3 Å². The first-order chi connectivity index (χ1) is 15.2. The van der Waals surface area contributed by atoms with Crippen molar-refractivity contribution in [1.29, 1.82) is 0 Å². The van der Waals surface area contributed by atoms with Gasteiger partial charge in [0, 0.05) is 31.2 Å². The van der Waals surface area contributed by atoms with Gasteiger partial charge in [-0.15, -0.1) is 0 Å². The predicted molar refractivity (Wildman–Crippen MR) is 122 cm³/mol. The maximum Gasteiger partial charge on any atom is 0.254 e. The Kier molecular flexibility index (Phi) is 6.23. The van der Waals surface area contributed by atoms with E-state index in [2.05, 4.69) is 9.88 Å². The fraction of sp³-hybridized carbons (Fsp3) is 0.625. The van der Waals surface area contributed by atoms with E-state index in [0.717, 1.165) is 62.1 Å². The van der Waals surface area contributed by atoms with Crippen molar-refractivity contribution in [3.8, 4) is 0 Å². The Hall–Kier alpha value is -1.99. The van der Waals surface area contributed by atoms with Crippen LogP contribution in [0.25, 0.3) is 0 Å². The first-order valence-electron chi connectivity index (χ1n) is 11.9. The number of amides is 1. The van der Waals surface area contributed by atoms with Crippen LogP contribution in [0.1, 0.15) is 80.1 Å². The molecule has 1 saturated carbocycles. The molecule has 2 aromatic heterocycles. The molecule has 166 valence electrons. The Morgan fingerprint density at radius 1 is 1.13 bits per heavy atom. The summed E-state index contributed by atoms with van der Waals surface area (Å²) in [6.07, 6.45) is 10.6. The molecule has 0 radical (unpaired) electrons. The van der Waals surface area contributed by atoms with Crippen molar-refractivity contribution in [1.82, 2.24) is 19.8 Å². The summed E-state index contributed by atoms with van der Waals surface area (Å²) in [5, 5.41) is 4.05. The van der Waals surface area contributed by atoms with E-state index in [0.29, 0.717) is 18.3 Å². The van der Waals surface area contributed by atoms with Gasteiger partial charge in [0.2, 0.25) is 5.91 Å². The molecule has 6 nitrogen and oxygen atoms in total. The summed E-state index contributed by atoms with van der Waals surface area (Å²) in [5.41, 5.74) is 2.85. The van der Waals surface area contributed by atoms with Crippen LogP contribution in [0.2, 0.25) is 0 Å². The van der Waals surface area contributed by atoms with Gasteiger partial charge in [0.1, 0.15) is 5.82 Å². The van der Waals surface area contributed by atoms with Gasteiger partial charge in [-0.2, -0.15) is 11.3 Å². The van der Waals surface area contributed by atoms with Crippen LogP contribution in [0.4, 0.5) is 0 Å². The number of hydrogen-bond acceptors (Lipinski definition) is 5. The van der Waals surface area contributed by atoms with Crippen LogP contribution in [-0.2, 0) is 24.2 Å². The normalized spacial score (nSPS) is 23.0. The Labute approximate surface area is 187 Å². The van der Waals surface area contributed by atoms with Crippen LogP contribution in [0, 0.1) is 0 Å². The number of H-pyrrole nitrogens is 1. The molecule has 0 unspecified atom stereocenters. The molecule has 2 fully saturated rings. The Morgan fingerprint density at radius 2 is 1.97 bits per heavy atom. The van der Waals surface area contributed by atoms with E-state index < -0.39 is 0 Å². The highest BCUT2D eigenvalue weighted by Crippen LogP contribution is 2.31. The highest BCUT2D eigenvalue weighted by atomic mass is 32.1. The lowest BCUT2D eigenvalue weighted by atomic mass is 9.92. The molecule has 1 saturated heterocycles. The first-order valence-corrected chi connectivity index (χ1v) is 12.8. The lowest BCUT2D eigenvalue weighted by Crippen LogP contribution is -2.44. The lowest BCUT2D eigenvalue weighted by Gasteiger charge is -2.38. The Bertz CT molecular complexity index is 964. The number of aromatic amines is 1. The lowest BCUT2D eigenvalue weighted by molar-refractivity contribution is -0.134. The standard InChI is InChI=1S/C24H32N4O2S/c29-22(14-17-10-13-31-16-17)28-11-5-4-8-21(28)23-25-20-15-27(18-6-2-1-3-7-18)12-9-19(20)24(30)26-23/h10,13,16,18,21H,1-9,11-12,14-15H2,(H,25,26,30)/t21-/m0/s1. The summed E-state index contributed by atoms with van der Waals surface area (Å²) in [6.45, 7) is 2.46. The quantitative estimate of drug-likeness (QED) is 0.785. The van der Waals surface area contributed by atoms with E-state index in [1.54, 1.807) is 11.3 Å². The SMILES string of the molecule is O=C(Cc1ccsc1)N1CCCC[C@H]1c1nc2c(c(=O)[nH]1)CCN(C1CCCCC1)C2. The minimum atomic E-state index is -0.122. The number of nitrogens with one attached hydrogen (secondary N) is 1. The van der Waals surface area contributed by atoms with Crippen LogP contribution >= 0.6 is 11.3 Å². The minimum Gasteiger partial charge on any atom is -0.332 e. The zero-order chi connectivity index (χ0) is 21.2. The number of rotatable bonds is 4. The number of carbonyl (C=O) groups excluding carboxylic acids is 1. The van der Waals surface area contributed by atoms with Crippen LogP contribution < -0.4 is 5.56 Å². The third-order valence-corrected chi connectivity index (χ3v) is 8.02. The molecule has 3 aliphatic rings. The molecule has 2 aromatic rings. The molecule has 1 aliphatic carbocycles. The van der Waals surface area contributed by atoms with Crippen molar-refractivity contribution in [3.05, 3.63) is 49.8 Å². The first kappa shape index (κ1) is 20.9. The molecule has 4 heterocycles. The predicted octanol–water partition coefficient (Wildman–Crippen LogP) is 3.82. The molecule has 31 heavy (non-hydrogen) atoms. The van der Waals surface area contributed by atoms with Crippen molar-refractivity contribution >= 4 is 17.2 Å². The van der Waals surface area contributed by atoms with Crippen LogP contribution in [0.3, 0.4) is 0 Å². The van der Waals surface area contributed by atoms with Crippen molar-refractivity contribution < 1.29 is 4.79 Å². The molecule has 7 heteroatoms. The Balaban J connectivity index is 1.38. The van der Waals surface area contributed by atoms with Crippen molar-refractivity contribution in [2.75, 3.05) is 13.1 Å². The zero-order valence-electron chi connectivity index (χ0n) is 18.1. The highest BCUT2D eigenvalue weighted by Gasteiger charge is 2.32.